The Morgan fingerprint density at radius 3 is 2.67 bits per heavy atom. The molecule has 0 radical (unpaired) electrons. The monoisotopic (exact) mass is 295 g/mol. The number of carbonyl (C=O) groups excluding carboxylic acids is 1. The number of ether oxygens (including phenoxy) is 4. The van der Waals surface area contributed by atoms with Crippen LogP contribution in [0.15, 0.2) is 12.1 Å². The lowest BCUT2D eigenvalue weighted by Gasteiger charge is -2.18. The van der Waals surface area contributed by atoms with Crippen molar-refractivity contribution in [3.63, 3.8) is 0 Å². The number of fused-ring (bicyclic) bond motifs is 1. The minimum atomic E-state index is -0.637. The van der Waals surface area contributed by atoms with Crippen molar-refractivity contribution in [3.8, 4) is 17.2 Å². The van der Waals surface area contributed by atoms with Gasteiger partial charge < -0.3 is 24.7 Å². The van der Waals surface area contributed by atoms with Crippen LogP contribution >= 0.6 is 0 Å². The third-order valence-corrected chi connectivity index (χ3v) is 3.16. The molecule has 1 aliphatic rings. The Morgan fingerprint density at radius 1 is 1.33 bits per heavy atom. The number of benzene rings is 1. The highest BCUT2D eigenvalue weighted by molar-refractivity contribution is 5.75. The molecule has 6 heteroatoms. The van der Waals surface area contributed by atoms with E-state index in [1.54, 1.807) is 13.0 Å². The van der Waals surface area contributed by atoms with Gasteiger partial charge in [-0.2, -0.15) is 0 Å². The lowest BCUT2D eigenvalue weighted by atomic mass is 10.1. The van der Waals surface area contributed by atoms with E-state index in [4.69, 9.17) is 24.7 Å². The Kier molecular flexibility index (Phi) is 5.27. The molecule has 1 aromatic rings. The first kappa shape index (κ1) is 15.4. The Bertz CT molecular complexity index is 503. The van der Waals surface area contributed by atoms with E-state index in [0.29, 0.717) is 43.2 Å². The highest BCUT2D eigenvalue weighted by Gasteiger charge is 2.23. The molecular weight excluding hydrogens is 274 g/mol. The quantitative estimate of drug-likeness (QED) is 0.770. The highest BCUT2D eigenvalue weighted by atomic mass is 16.7. The maximum atomic E-state index is 11.9. The maximum absolute atomic E-state index is 11.9. The van der Waals surface area contributed by atoms with E-state index in [1.807, 2.05) is 13.0 Å². The van der Waals surface area contributed by atoms with Crippen molar-refractivity contribution >= 4 is 5.97 Å². The molecule has 0 bridgehead atoms. The molecule has 0 amide bonds. The largest absolute Gasteiger partial charge is 0.478 e. The van der Waals surface area contributed by atoms with Gasteiger partial charge >= 0.3 is 5.97 Å². The summed E-state index contributed by atoms with van der Waals surface area (Å²) < 4.78 is 21.5. The summed E-state index contributed by atoms with van der Waals surface area (Å²) in [6, 6.07) is 3.59. The normalized spacial score (nSPS) is 13.9. The average Bonchev–Trinajstić information content (AvgIpc) is 2.92. The van der Waals surface area contributed by atoms with E-state index in [-0.39, 0.29) is 12.8 Å². The van der Waals surface area contributed by atoms with Crippen LogP contribution in [0, 0.1) is 0 Å². The van der Waals surface area contributed by atoms with Gasteiger partial charge in [-0.15, -0.1) is 0 Å². The first-order valence-corrected chi connectivity index (χ1v) is 7.15. The minimum Gasteiger partial charge on any atom is -0.478 e. The molecular formula is C15H21NO5. The summed E-state index contributed by atoms with van der Waals surface area (Å²) >= 11 is 0. The zero-order valence-corrected chi connectivity index (χ0v) is 12.4. The molecule has 2 rings (SSSR count). The second-order valence-electron chi connectivity index (χ2n) is 4.62. The fourth-order valence-electron chi connectivity index (χ4n) is 2.11. The summed E-state index contributed by atoms with van der Waals surface area (Å²) in [5.41, 5.74) is 6.52. The van der Waals surface area contributed by atoms with Gasteiger partial charge in [0.1, 0.15) is 5.75 Å². The molecule has 0 spiro atoms. The van der Waals surface area contributed by atoms with Crippen LogP contribution in [0.25, 0.3) is 0 Å². The summed E-state index contributed by atoms with van der Waals surface area (Å²) in [5, 5.41) is 0. The van der Waals surface area contributed by atoms with Crippen LogP contribution in [0.2, 0.25) is 0 Å². The molecule has 1 aromatic carbocycles. The Labute approximate surface area is 124 Å². The number of esters is 1. The van der Waals surface area contributed by atoms with Crippen molar-refractivity contribution in [3.05, 3.63) is 17.7 Å². The molecule has 1 heterocycles. The van der Waals surface area contributed by atoms with Gasteiger partial charge in [-0.1, -0.05) is 6.92 Å². The van der Waals surface area contributed by atoms with Crippen molar-refractivity contribution < 1.29 is 23.7 Å². The van der Waals surface area contributed by atoms with Crippen LogP contribution in [0.3, 0.4) is 0 Å². The van der Waals surface area contributed by atoms with Crippen LogP contribution in [0.4, 0.5) is 0 Å². The molecule has 1 aliphatic heterocycles. The van der Waals surface area contributed by atoms with E-state index in [2.05, 4.69) is 0 Å². The average molecular weight is 295 g/mol. The predicted octanol–water partition coefficient (Wildman–Crippen LogP) is 1.64. The standard InChI is InChI=1S/C15H21NO5/c1-3-11(15(17)18-4-2)21-12-8-14-13(19-9-20-14)7-10(12)5-6-16/h7-8,11H,3-6,9,16H2,1-2H3. The molecule has 1 atom stereocenters. The molecule has 0 fully saturated rings. The van der Waals surface area contributed by atoms with E-state index in [1.165, 1.54) is 0 Å². The Balaban J connectivity index is 2.22. The fraction of sp³-hybridized carbons (Fsp3) is 0.533. The SMILES string of the molecule is CCOC(=O)C(CC)Oc1cc2c(cc1CCN)OCO2. The molecule has 0 aliphatic carbocycles. The van der Waals surface area contributed by atoms with Crippen LogP contribution in [-0.2, 0) is 16.0 Å². The Morgan fingerprint density at radius 2 is 2.05 bits per heavy atom. The van der Waals surface area contributed by atoms with Crippen molar-refractivity contribution in [2.24, 2.45) is 5.73 Å². The zero-order valence-electron chi connectivity index (χ0n) is 12.4. The van der Waals surface area contributed by atoms with Gasteiger partial charge in [-0.3, -0.25) is 0 Å². The smallest absolute Gasteiger partial charge is 0.347 e. The molecule has 0 saturated heterocycles. The van der Waals surface area contributed by atoms with E-state index >= 15 is 0 Å². The summed E-state index contributed by atoms with van der Waals surface area (Å²) in [6.07, 6.45) is 0.516. The van der Waals surface area contributed by atoms with Crippen molar-refractivity contribution in [1.29, 1.82) is 0 Å². The number of nitrogens with two attached hydrogens (primary N) is 1. The van der Waals surface area contributed by atoms with Gasteiger partial charge in [0.2, 0.25) is 6.79 Å². The van der Waals surface area contributed by atoms with Crippen molar-refractivity contribution in [2.75, 3.05) is 19.9 Å². The predicted molar refractivity (Wildman–Crippen MR) is 76.7 cm³/mol. The van der Waals surface area contributed by atoms with Crippen molar-refractivity contribution in [1.82, 2.24) is 0 Å². The van der Waals surface area contributed by atoms with Gasteiger partial charge in [0.05, 0.1) is 6.61 Å². The summed E-state index contributed by atoms with van der Waals surface area (Å²) in [4.78, 5) is 11.9. The van der Waals surface area contributed by atoms with Gasteiger partial charge in [0.15, 0.2) is 17.6 Å². The lowest BCUT2D eigenvalue weighted by Crippen LogP contribution is -2.29. The molecule has 116 valence electrons. The number of hydrogen-bond acceptors (Lipinski definition) is 6. The van der Waals surface area contributed by atoms with Gasteiger partial charge in [0, 0.05) is 6.07 Å². The number of hydrogen-bond donors (Lipinski definition) is 1. The highest BCUT2D eigenvalue weighted by Crippen LogP contribution is 2.38. The molecule has 21 heavy (non-hydrogen) atoms. The molecule has 0 saturated carbocycles. The maximum Gasteiger partial charge on any atom is 0.347 e. The third kappa shape index (κ3) is 3.58. The fourth-order valence-corrected chi connectivity index (χ4v) is 2.11. The van der Waals surface area contributed by atoms with E-state index in [0.717, 1.165) is 5.56 Å². The molecule has 6 nitrogen and oxygen atoms in total. The zero-order chi connectivity index (χ0) is 15.2. The number of carbonyl (C=O) groups is 1. The lowest BCUT2D eigenvalue weighted by molar-refractivity contribution is -0.151. The van der Waals surface area contributed by atoms with Crippen LogP contribution < -0.4 is 19.9 Å². The summed E-state index contributed by atoms with van der Waals surface area (Å²) in [5.74, 6) is 1.51. The first-order chi connectivity index (χ1) is 10.2. The summed E-state index contributed by atoms with van der Waals surface area (Å²) in [6.45, 7) is 4.64. The second kappa shape index (κ2) is 7.17. The number of rotatable bonds is 7. The summed E-state index contributed by atoms with van der Waals surface area (Å²) in [7, 11) is 0. The molecule has 1 unspecified atom stereocenters. The first-order valence-electron chi connectivity index (χ1n) is 7.15. The van der Waals surface area contributed by atoms with Crippen LogP contribution in [-0.4, -0.2) is 32.0 Å². The molecule has 0 aromatic heterocycles. The third-order valence-electron chi connectivity index (χ3n) is 3.16. The van der Waals surface area contributed by atoms with E-state index < -0.39 is 6.10 Å². The van der Waals surface area contributed by atoms with Gasteiger partial charge in [0.25, 0.3) is 0 Å². The second-order valence-corrected chi connectivity index (χ2v) is 4.62. The molecule has 2 N–H and O–H groups in total. The van der Waals surface area contributed by atoms with Crippen molar-refractivity contribution in [2.45, 2.75) is 32.8 Å². The van der Waals surface area contributed by atoms with E-state index in [9.17, 15) is 4.79 Å². The van der Waals surface area contributed by atoms with Gasteiger partial charge in [-0.25, -0.2) is 4.79 Å². The minimum absolute atomic E-state index is 0.190. The van der Waals surface area contributed by atoms with Gasteiger partial charge in [-0.05, 0) is 37.9 Å². The topological polar surface area (TPSA) is 80.0 Å². The Hall–Kier alpha value is -1.95. The van der Waals surface area contributed by atoms with Crippen LogP contribution in [0.1, 0.15) is 25.8 Å². The van der Waals surface area contributed by atoms with Crippen LogP contribution in [0.5, 0.6) is 17.2 Å².